The van der Waals surface area contributed by atoms with Crippen LogP contribution in [-0.2, 0) is 0 Å². The summed E-state index contributed by atoms with van der Waals surface area (Å²) in [5.41, 5.74) is 6.44. The highest BCUT2D eigenvalue weighted by Crippen LogP contribution is 1.85. The van der Waals surface area contributed by atoms with Gasteiger partial charge in [-0.1, -0.05) is 0 Å². The summed E-state index contributed by atoms with van der Waals surface area (Å²) in [6.45, 7) is 2.42. The Labute approximate surface area is 69.4 Å². The van der Waals surface area contributed by atoms with Crippen molar-refractivity contribution in [2.24, 2.45) is 5.73 Å². The quantitative estimate of drug-likeness (QED) is 0.660. The number of hydrogen-bond acceptors (Lipinski definition) is 3. The van der Waals surface area contributed by atoms with Gasteiger partial charge in [-0.3, -0.25) is 4.98 Å². The number of nitrogens with one attached hydrogen (secondary N) is 1. The van der Waals surface area contributed by atoms with Gasteiger partial charge in [0.15, 0.2) is 0 Å². The Morgan fingerprint density at radius 2 is 2.55 bits per heavy atom. The number of carbonyl (C=O) groups is 1. The van der Waals surface area contributed by atoms with Gasteiger partial charge in [0.05, 0.1) is 5.51 Å². The molecule has 0 atom stereocenters. The molecule has 0 aromatic carbocycles. The summed E-state index contributed by atoms with van der Waals surface area (Å²) in [5.74, 6) is 0. The maximum absolute atomic E-state index is 9.71. The summed E-state index contributed by atoms with van der Waals surface area (Å²) in [6.07, 6.45) is 1.77. The Hall–Kier alpha value is -1.10. The number of carbonyl (C=O) groups excluding carboxylic acids is 1. The smallest absolute Gasteiger partial charge is 0.312 e. The van der Waals surface area contributed by atoms with Gasteiger partial charge < -0.3 is 11.1 Å². The Morgan fingerprint density at radius 1 is 1.82 bits per heavy atom. The number of primary amides is 1. The molecule has 4 nitrogen and oxygen atoms in total. The SMILES string of the molecule is CCNC(N)=O.c1cscn1. The minimum atomic E-state index is -0.461. The third-order valence-corrected chi connectivity index (χ3v) is 1.22. The second kappa shape index (κ2) is 7.01. The zero-order valence-electron chi connectivity index (χ0n) is 6.28. The third kappa shape index (κ3) is 8.90. The van der Waals surface area contributed by atoms with E-state index >= 15 is 0 Å². The van der Waals surface area contributed by atoms with Crippen molar-refractivity contribution in [3.8, 4) is 0 Å². The molecule has 0 spiro atoms. The van der Waals surface area contributed by atoms with Crippen LogP contribution in [0.25, 0.3) is 0 Å². The van der Waals surface area contributed by atoms with Crippen LogP contribution < -0.4 is 11.1 Å². The number of aromatic nitrogens is 1. The van der Waals surface area contributed by atoms with Crippen molar-refractivity contribution in [1.29, 1.82) is 0 Å². The van der Waals surface area contributed by atoms with Gasteiger partial charge in [-0.15, -0.1) is 11.3 Å². The Balaban J connectivity index is 0.000000183. The fraction of sp³-hybridized carbons (Fsp3) is 0.333. The van der Waals surface area contributed by atoms with Crippen molar-refractivity contribution in [2.75, 3.05) is 6.54 Å². The molecule has 0 unspecified atom stereocenters. The van der Waals surface area contributed by atoms with Crippen LogP contribution in [0.5, 0.6) is 0 Å². The molecule has 0 bridgehead atoms. The fourth-order valence-electron chi connectivity index (χ4n) is 0.350. The zero-order chi connectivity index (χ0) is 8.53. The zero-order valence-corrected chi connectivity index (χ0v) is 7.10. The average Bonchev–Trinajstić information content (AvgIpc) is 2.41. The summed E-state index contributed by atoms with van der Waals surface area (Å²) in [5, 5.41) is 4.28. The normalized spacial score (nSPS) is 7.73. The number of urea groups is 1. The van der Waals surface area contributed by atoms with Crippen LogP contribution in [0.4, 0.5) is 4.79 Å². The van der Waals surface area contributed by atoms with Gasteiger partial charge in [-0.25, -0.2) is 4.79 Å². The van der Waals surface area contributed by atoms with E-state index in [4.69, 9.17) is 0 Å². The largest absolute Gasteiger partial charge is 0.352 e. The molecule has 0 aliphatic carbocycles. The molecule has 0 radical (unpaired) electrons. The van der Waals surface area contributed by atoms with E-state index in [-0.39, 0.29) is 0 Å². The monoisotopic (exact) mass is 173 g/mol. The second-order valence-corrected chi connectivity index (χ2v) is 2.33. The molecule has 1 aromatic rings. The molecule has 3 N–H and O–H groups in total. The summed E-state index contributed by atoms with van der Waals surface area (Å²) >= 11 is 1.60. The highest BCUT2D eigenvalue weighted by Gasteiger charge is 1.79. The summed E-state index contributed by atoms with van der Waals surface area (Å²) in [6, 6.07) is -0.461. The minimum absolute atomic E-state index is 0.461. The van der Waals surface area contributed by atoms with Gasteiger partial charge in [-0.05, 0) is 6.92 Å². The van der Waals surface area contributed by atoms with Crippen molar-refractivity contribution in [1.82, 2.24) is 10.3 Å². The molecular formula is C6H11N3OS. The highest BCUT2D eigenvalue weighted by atomic mass is 32.1. The number of nitrogens with two attached hydrogens (primary N) is 1. The molecule has 2 amide bonds. The van der Waals surface area contributed by atoms with Crippen molar-refractivity contribution >= 4 is 17.4 Å². The minimum Gasteiger partial charge on any atom is -0.352 e. The van der Waals surface area contributed by atoms with E-state index in [1.807, 2.05) is 12.3 Å². The molecule has 0 saturated heterocycles. The van der Waals surface area contributed by atoms with Crippen LogP contribution in [0, 0.1) is 0 Å². The number of hydrogen-bond donors (Lipinski definition) is 2. The second-order valence-electron chi connectivity index (χ2n) is 1.57. The van der Waals surface area contributed by atoms with Crippen molar-refractivity contribution in [3.05, 3.63) is 17.1 Å². The topological polar surface area (TPSA) is 68.0 Å². The first kappa shape index (κ1) is 9.90. The fourth-order valence-corrected chi connectivity index (χ4v) is 0.701. The Bertz CT molecular complexity index is 159. The number of thiazole rings is 1. The summed E-state index contributed by atoms with van der Waals surface area (Å²) in [7, 11) is 0. The van der Waals surface area contributed by atoms with Crippen LogP contribution >= 0.6 is 11.3 Å². The lowest BCUT2D eigenvalue weighted by Crippen LogP contribution is -2.28. The highest BCUT2D eigenvalue weighted by molar-refractivity contribution is 7.07. The van der Waals surface area contributed by atoms with E-state index in [1.165, 1.54) is 0 Å². The standard InChI is InChI=1S/C3H8N2O.C3H3NS/c1-2-5-3(4)6;1-2-5-3-4-1/h2H2,1H3,(H3,4,5,6);1-3H. The van der Waals surface area contributed by atoms with E-state index < -0.39 is 6.03 Å². The van der Waals surface area contributed by atoms with Crippen LogP contribution in [0.3, 0.4) is 0 Å². The van der Waals surface area contributed by atoms with E-state index in [2.05, 4.69) is 16.0 Å². The summed E-state index contributed by atoms with van der Waals surface area (Å²) in [4.78, 5) is 13.5. The molecule has 0 fully saturated rings. The molecule has 62 valence electrons. The molecule has 1 aromatic heterocycles. The van der Waals surface area contributed by atoms with Gasteiger partial charge in [0.25, 0.3) is 0 Å². The number of amides is 2. The van der Waals surface area contributed by atoms with Gasteiger partial charge in [0.2, 0.25) is 0 Å². The molecule has 0 aliphatic rings. The first-order valence-electron chi connectivity index (χ1n) is 3.12. The number of rotatable bonds is 1. The van der Waals surface area contributed by atoms with Gasteiger partial charge in [-0.2, -0.15) is 0 Å². The molecule has 1 heterocycles. The first-order chi connectivity index (χ1) is 5.27. The van der Waals surface area contributed by atoms with Crippen LogP contribution in [-0.4, -0.2) is 17.6 Å². The summed E-state index contributed by atoms with van der Waals surface area (Å²) < 4.78 is 0. The van der Waals surface area contributed by atoms with E-state index in [9.17, 15) is 4.79 Å². The Morgan fingerprint density at radius 3 is 2.64 bits per heavy atom. The molecular weight excluding hydrogens is 162 g/mol. The lowest BCUT2D eigenvalue weighted by Gasteiger charge is -1.88. The first-order valence-corrected chi connectivity index (χ1v) is 4.07. The maximum Gasteiger partial charge on any atom is 0.312 e. The van der Waals surface area contributed by atoms with Crippen LogP contribution in [0.1, 0.15) is 6.92 Å². The lowest BCUT2D eigenvalue weighted by molar-refractivity contribution is 0.249. The van der Waals surface area contributed by atoms with Crippen LogP contribution in [0.15, 0.2) is 17.1 Å². The third-order valence-electron chi connectivity index (χ3n) is 0.698. The van der Waals surface area contributed by atoms with Gasteiger partial charge >= 0.3 is 6.03 Å². The predicted molar refractivity (Wildman–Crippen MR) is 45.4 cm³/mol. The van der Waals surface area contributed by atoms with Crippen molar-refractivity contribution in [3.63, 3.8) is 0 Å². The molecule has 0 aliphatic heterocycles. The Kier molecular flexibility index (Phi) is 6.31. The van der Waals surface area contributed by atoms with E-state index in [0.717, 1.165) is 0 Å². The van der Waals surface area contributed by atoms with Crippen molar-refractivity contribution < 1.29 is 4.79 Å². The molecule has 0 saturated carbocycles. The predicted octanol–water partition coefficient (Wildman–Crippen LogP) is 0.818. The molecule has 1 rings (SSSR count). The lowest BCUT2D eigenvalue weighted by atomic mass is 10.7. The van der Waals surface area contributed by atoms with Gasteiger partial charge in [0, 0.05) is 18.1 Å². The molecule has 5 heteroatoms. The maximum atomic E-state index is 9.71. The van der Waals surface area contributed by atoms with Crippen LogP contribution in [0.2, 0.25) is 0 Å². The molecule has 11 heavy (non-hydrogen) atoms. The van der Waals surface area contributed by atoms with E-state index in [0.29, 0.717) is 6.54 Å². The van der Waals surface area contributed by atoms with Gasteiger partial charge in [0.1, 0.15) is 0 Å². The van der Waals surface area contributed by atoms with E-state index in [1.54, 1.807) is 23.0 Å². The number of nitrogens with zero attached hydrogens (tertiary/aromatic N) is 1. The van der Waals surface area contributed by atoms with Crippen molar-refractivity contribution in [2.45, 2.75) is 6.92 Å². The average molecular weight is 173 g/mol.